The second-order valence-electron chi connectivity index (χ2n) is 2.76. The highest BCUT2D eigenvalue weighted by Crippen LogP contribution is 1.93. The van der Waals surface area contributed by atoms with Crippen molar-refractivity contribution >= 4 is 5.91 Å². The molecule has 0 unspecified atom stereocenters. The number of hydrogen-bond acceptors (Lipinski definition) is 3. The summed E-state index contributed by atoms with van der Waals surface area (Å²) in [7, 11) is 0. The fourth-order valence-corrected chi connectivity index (χ4v) is 0.950. The third-order valence-corrected chi connectivity index (χ3v) is 1.66. The van der Waals surface area contributed by atoms with Crippen LogP contribution in [0.15, 0.2) is 24.4 Å². The summed E-state index contributed by atoms with van der Waals surface area (Å²) in [6, 6.07) is 7.44. The number of rotatable bonds is 4. The van der Waals surface area contributed by atoms with Crippen LogP contribution in [-0.4, -0.2) is 10.9 Å². The SMILES string of the molecule is N#CCCC(=O)NCc1ccccn1. The highest BCUT2D eigenvalue weighted by atomic mass is 16.1. The van der Waals surface area contributed by atoms with Crippen LogP contribution in [0.2, 0.25) is 0 Å². The molecule has 0 fully saturated rings. The minimum Gasteiger partial charge on any atom is -0.350 e. The molecular formula is C10H11N3O. The predicted octanol–water partition coefficient (Wildman–Crippen LogP) is 1.00. The molecule has 1 amide bonds. The van der Waals surface area contributed by atoms with Gasteiger partial charge in [-0.05, 0) is 12.1 Å². The van der Waals surface area contributed by atoms with Gasteiger partial charge >= 0.3 is 0 Å². The maximum Gasteiger partial charge on any atom is 0.221 e. The number of nitriles is 1. The summed E-state index contributed by atoms with van der Waals surface area (Å²) in [6.07, 6.45) is 2.19. The number of carbonyl (C=O) groups excluding carboxylic acids is 1. The minimum absolute atomic E-state index is 0.114. The molecule has 0 saturated carbocycles. The lowest BCUT2D eigenvalue weighted by Gasteiger charge is -2.02. The highest BCUT2D eigenvalue weighted by Gasteiger charge is 2.00. The normalized spacial score (nSPS) is 9.07. The molecule has 1 N–H and O–H groups in total. The van der Waals surface area contributed by atoms with Gasteiger partial charge in [0.15, 0.2) is 0 Å². The van der Waals surface area contributed by atoms with Crippen LogP contribution in [0.25, 0.3) is 0 Å². The van der Waals surface area contributed by atoms with E-state index in [9.17, 15) is 4.79 Å². The Labute approximate surface area is 82.6 Å². The molecule has 0 aliphatic rings. The summed E-state index contributed by atoms with van der Waals surface area (Å²) in [5.74, 6) is -0.114. The fourth-order valence-electron chi connectivity index (χ4n) is 0.950. The number of pyridine rings is 1. The first kappa shape index (κ1) is 10.2. The van der Waals surface area contributed by atoms with Crippen LogP contribution in [0.5, 0.6) is 0 Å². The summed E-state index contributed by atoms with van der Waals surface area (Å²) in [6.45, 7) is 0.422. The number of nitrogens with one attached hydrogen (secondary N) is 1. The largest absolute Gasteiger partial charge is 0.350 e. The quantitative estimate of drug-likeness (QED) is 0.768. The van der Waals surface area contributed by atoms with Crippen LogP contribution in [0.4, 0.5) is 0 Å². The Morgan fingerprint density at radius 3 is 3.07 bits per heavy atom. The van der Waals surface area contributed by atoms with E-state index in [1.54, 1.807) is 6.20 Å². The molecule has 1 heterocycles. The van der Waals surface area contributed by atoms with Gasteiger partial charge in [-0.2, -0.15) is 5.26 Å². The van der Waals surface area contributed by atoms with Crippen molar-refractivity contribution in [1.82, 2.24) is 10.3 Å². The van der Waals surface area contributed by atoms with Gasteiger partial charge < -0.3 is 5.32 Å². The Morgan fingerprint density at radius 2 is 2.43 bits per heavy atom. The van der Waals surface area contributed by atoms with Crippen molar-refractivity contribution < 1.29 is 4.79 Å². The molecule has 1 rings (SSSR count). The minimum atomic E-state index is -0.114. The number of carbonyl (C=O) groups is 1. The lowest BCUT2D eigenvalue weighted by Crippen LogP contribution is -2.22. The third-order valence-electron chi connectivity index (χ3n) is 1.66. The van der Waals surface area contributed by atoms with Crippen molar-refractivity contribution in [3.8, 4) is 6.07 Å². The van der Waals surface area contributed by atoms with Crippen molar-refractivity contribution in [2.24, 2.45) is 0 Å². The Kier molecular flexibility index (Phi) is 4.15. The zero-order valence-corrected chi connectivity index (χ0v) is 7.73. The Balaban J connectivity index is 2.28. The third kappa shape index (κ3) is 3.68. The van der Waals surface area contributed by atoms with Crippen molar-refractivity contribution in [1.29, 1.82) is 5.26 Å². The van der Waals surface area contributed by atoms with E-state index in [-0.39, 0.29) is 18.7 Å². The average Bonchev–Trinajstić information content (AvgIpc) is 2.25. The Bertz CT molecular complexity index is 329. The van der Waals surface area contributed by atoms with Crippen LogP contribution in [0.1, 0.15) is 18.5 Å². The summed E-state index contributed by atoms with van der Waals surface area (Å²) in [4.78, 5) is 15.1. The topological polar surface area (TPSA) is 65.8 Å². The van der Waals surface area contributed by atoms with E-state index in [1.165, 1.54) is 0 Å². The van der Waals surface area contributed by atoms with Gasteiger partial charge in [0.1, 0.15) is 0 Å². The maximum atomic E-state index is 11.1. The van der Waals surface area contributed by atoms with Gasteiger partial charge in [-0.15, -0.1) is 0 Å². The maximum absolute atomic E-state index is 11.1. The van der Waals surface area contributed by atoms with Gasteiger partial charge in [-0.3, -0.25) is 9.78 Å². The smallest absolute Gasteiger partial charge is 0.221 e. The first-order valence-corrected chi connectivity index (χ1v) is 4.36. The lowest BCUT2D eigenvalue weighted by atomic mass is 10.3. The molecule has 4 nitrogen and oxygen atoms in total. The van der Waals surface area contributed by atoms with Gasteiger partial charge in [0.2, 0.25) is 5.91 Å². The van der Waals surface area contributed by atoms with E-state index in [1.807, 2.05) is 24.3 Å². The molecule has 1 aromatic heterocycles. The molecule has 72 valence electrons. The molecule has 0 radical (unpaired) electrons. The molecule has 0 bridgehead atoms. The monoisotopic (exact) mass is 189 g/mol. The molecule has 14 heavy (non-hydrogen) atoms. The zero-order valence-electron chi connectivity index (χ0n) is 7.73. The zero-order chi connectivity index (χ0) is 10.2. The van der Waals surface area contributed by atoms with Gasteiger partial charge in [0.25, 0.3) is 0 Å². The number of nitrogens with zero attached hydrogens (tertiary/aromatic N) is 2. The van der Waals surface area contributed by atoms with Crippen molar-refractivity contribution in [2.75, 3.05) is 0 Å². The van der Waals surface area contributed by atoms with Crippen LogP contribution >= 0.6 is 0 Å². The molecule has 0 aliphatic carbocycles. The summed E-state index contributed by atoms with van der Waals surface area (Å²) in [5.41, 5.74) is 0.817. The molecular weight excluding hydrogens is 178 g/mol. The second-order valence-corrected chi connectivity index (χ2v) is 2.76. The van der Waals surface area contributed by atoms with E-state index in [0.717, 1.165) is 5.69 Å². The van der Waals surface area contributed by atoms with Crippen LogP contribution in [0.3, 0.4) is 0 Å². The molecule has 0 saturated heterocycles. The van der Waals surface area contributed by atoms with Crippen molar-refractivity contribution in [2.45, 2.75) is 19.4 Å². The standard InChI is InChI=1S/C10H11N3O/c11-6-3-5-10(14)13-8-9-4-1-2-7-12-9/h1-2,4,7H,3,5,8H2,(H,13,14). The summed E-state index contributed by atoms with van der Waals surface area (Å²) < 4.78 is 0. The van der Waals surface area contributed by atoms with Gasteiger partial charge in [0.05, 0.1) is 18.3 Å². The van der Waals surface area contributed by atoms with Crippen LogP contribution < -0.4 is 5.32 Å². The van der Waals surface area contributed by atoms with E-state index < -0.39 is 0 Å². The van der Waals surface area contributed by atoms with Crippen molar-refractivity contribution in [3.63, 3.8) is 0 Å². The van der Waals surface area contributed by atoms with Gasteiger partial charge in [-0.25, -0.2) is 0 Å². The molecule has 0 atom stereocenters. The van der Waals surface area contributed by atoms with Crippen LogP contribution in [-0.2, 0) is 11.3 Å². The van der Waals surface area contributed by atoms with E-state index in [4.69, 9.17) is 5.26 Å². The lowest BCUT2D eigenvalue weighted by molar-refractivity contribution is -0.121. The predicted molar refractivity (Wildman–Crippen MR) is 50.9 cm³/mol. The molecule has 0 aromatic carbocycles. The van der Waals surface area contributed by atoms with E-state index >= 15 is 0 Å². The van der Waals surface area contributed by atoms with E-state index in [2.05, 4.69) is 10.3 Å². The number of aromatic nitrogens is 1. The Hall–Kier alpha value is -1.89. The van der Waals surface area contributed by atoms with Gasteiger partial charge in [-0.1, -0.05) is 6.07 Å². The number of amides is 1. The summed E-state index contributed by atoms with van der Waals surface area (Å²) in [5, 5.41) is 10.9. The molecule has 1 aromatic rings. The van der Waals surface area contributed by atoms with Gasteiger partial charge in [0, 0.05) is 19.0 Å². The molecule has 0 spiro atoms. The molecule has 0 aliphatic heterocycles. The average molecular weight is 189 g/mol. The fraction of sp³-hybridized carbons (Fsp3) is 0.300. The highest BCUT2D eigenvalue weighted by molar-refractivity contribution is 5.75. The summed E-state index contributed by atoms with van der Waals surface area (Å²) >= 11 is 0. The first-order valence-electron chi connectivity index (χ1n) is 4.36. The van der Waals surface area contributed by atoms with Crippen molar-refractivity contribution in [3.05, 3.63) is 30.1 Å². The van der Waals surface area contributed by atoms with Crippen LogP contribution in [0, 0.1) is 11.3 Å². The number of hydrogen-bond donors (Lipinski definition) is 1. The second kappa shape index (κ2) is 5.70. The van der Waals surface area contributed by atoms with E-state index in [0.29, 0.717) is 6.54 Å². The molecule has 4 heteroatoms. The Morgan fingerprint density at radius 1 is 1.57 bits per heavy atom. The first-order chi connectivity index (χ1) is 6.83.